The molecule has 0 radical (unpaired) electrons. The maximum Gasteiger partial charge on any atom is 0.256 e. The highest BCUT2D eigenvalue weighted by Gasteiger charge is 2.23. The van der Waals surface area contributed by atoms with Crippen LogP contribution in [0.2, 0.25) is 5.02 Å². The van der Waals surface area contributed by atoms with Crippen LogP contribution in [0.1, 0.15) is 15.9 Å². The van der Waals surface area contributed by atoms with E-state index in [1.165, 1.54) is 17.7 Å². The monoisotopic (exact) mass is 358 g/mol. The standard InChI is InChI=1S/C20H20ClFN2O/c21-17-8-9-18(19(22)15-17)20(25)24-13-11-23(12-14-24)10-4-7-16-5-2-1-3-6-16/h1-9,15H,10-14H2/b7-4+. The first-order valence-electron chi connectivity index (χ1n) is 8.32. The summed E-state index contributed by atoms with van der Waals surface area (Å²) in [6.07, 6.45) is 4.23. The SMILES string of the molecule is O=C(c1ccc(Cl)cc1F)N1CCN(C/C=C/c2ccccc2)CC1. The number of hydrogen-bond acceptors (Lipinski definition) is 2. The summed E-state index contributed by atoms with van der Waals surface area (Å²) in [5, 5.41) is 0.295. The number of carbonyl (C=O) groups excluding carboxylic acids is 1. The minimum Gasteiger partial charge on any atom is -0.336 e. The maximum atomic E-state index is 13.9. The van der Waals surface area contributed by atoms with Gasteiger partial charge in [0.25, 0.3) is 5.91 Å². The van der Waals surface area contributed by atoms with Crippen molar-refractivity contribution in [1.29, 1.82) is 0 Å². The summed E-state index contributed by atoms with van der Waals surface area (Å²) in [4.78, 5) is 16.4. The molecular formula is C20H20ClFN2O. The van der Waals surface area contributed by atoms with Gasteiger partial charge < -0.3 is 4.90 Å². The minimum absolute atomic E-state index is 0.0850. The van der Waals surface area contributed by atoms with Crippen LogP contribution < -0.4 is 0 Å². The number of piperazine rings is 1. The van der Waals surface area contributed by atoms with Crippen molar-refractivity contribution in [2.24, 2.45) is 0 Å². The third-order valence-electron chi connectivity index (χ3n) is 4.29. The van der Waals surface area contributed by atoms with Gasteiger partial charge in [-0.2, -0.15) is 0 Å². The summed E-state index contributed by atoms with van der Waals surface area (Å²) in [5.74, 6) is -0.834. The summed E-state index contributed by atoms with van der Waals surface area (Å²) < 4.78 is 13.9. The molecule has 1 fully saturated rings. The fourth-order valence-corrected chi connectivity index (χ4v) is 3.03. The van der Waals surface area contributed by atoms with Gasteiger partial charge in [-0.3, -0.25) is 9.69 Å². The van der Waals surface area contributed by atoms with Gasteiger partial charge >= 0.3 is 0 Å². The Kier molecular flexibility index (Phi) is 5.84. The smallest absolute Gasteiger partial charge is 0.256 e. The van der Waals surface area contributed by atoms with Gasteiger partial charge in [-0.15, -0.1) is 0 Å². The molecule has 1 saturated heterocycles. The third-order valence-corrected chi connectivity index (χ3v) is 4.53. The Morgan fingerprint density at radius 2 is 1.80 bits per heavy atom. The first-order valence-corrected chi connectivity index (χ1v) is 8.69. The van der Waals surface area contributed by atoms with Gasteiger partial charge in [0.05, 0.1) is 5.56 Å². The lowest BCUT2D eigenvalue weighted by atomic mass is 10.1. The second-order valence-corrected chi connectivity index (χ2v) is 6.47. The Hall–Kier alpha value is -2.17. The van der Waals surface area contributed by atoms with Gasteiger partial charge in [0.1, 0.15) is 5.82 Å². The molecule has 1 heterocycles. The van der Waals surface area contributed by atoms with E-state index in [0.29, 0.717) is 18.1 Å². The number of halogens is 2. The third kappa shape index (κ3) is 4.68. The van der Waals surface area contributed by atoms with Gasteiger partial charge in [-0.25, -0.2) is 4.39 Å². The Morgan fingerprint density at radius 1 is 1.08 bits per heavy atom. The van der Waals surface area contributed by atoms with E-state index in [2.05, 4.69) is 29.2 Å². The van der Waals surface area contributed by atoms with Crippen molar-refractivity contribution in [3.63, 3.8) is 0 Å². The van der Waals surface area contributed by atoms with Crippen molar-refractivity contribution in [2.75, 3.05) is 32.7 Å². The molecule has 0 atom stereocenters. The lowest BCUT2D eigenvalue weighted by Gasteiger charge is -2.34. The molecule has 3 nitrogen and oxygen atoms in total. The zero-order valence-corrected chi connectivity index (χ0v) is 14.6. The van der Waals surface area contributed by atoms with Crippen molar-refractivity contribution in [3.8, 4) is 0 Å². The first kappa shape index (κ1) is 17.6. The average Bonchev–Trinajstić information content (AvgIpc) is 2.63. The highest BCUT2D eigenvalue weighted by atomic mass is 35.5. The summed E-state index contributed by atoms with van der Waals surface area (Å²) in [5.41, 5.74) is 1.26. The fourth-order valence-electron chi connectivity index (χ4n) is 2.87. The Balaban J connectivity index is 1.51. The van der Waals surface area contributed by atoms with Crippen molar-refractivity contribution in [2.45, 2.75) is 0 Å². The highest BCUT2D eigenvalue weighted by Crippen LogP contribution is 2.17. The van der Waals surface area contributed by atoms with Crippen LogP contribution >= 0.6 is 11.6 Å². The maximum absolute atomic E-state index is 13.9. The average molecular weight is 359 g/mol. The van der Waals surface area contributed by atoms with Gasteiger partial charge in [0.15, 0.2) is 0 Å². The molecule has 1 aliphatic rings. The Bertz CT molecular complexity index is 756. The highest BCUT2D eigenvalue weighted by molar-refractivity contribution is 6.30. The lowest BCUT2D eigenvalue weighted by Crippen LogP contribution is -2.48. The van der Waals surface area contributed by atoms with Gasteiger partial charge in [-0.1, -0.05) is 54.1 Å². The number of rotatable bonds is 4. The molecule has 3 rings (SSSR count). The van der Waals surface area contributed by atoms with Crippen LogP contribution in [0, 0.1) is 5.82 Å². The molecule has 0 N–H and O–H groups in total. The molecule has 0 unspecified atom stereocenters. The van der Waals surface area contributed by atoms with Crippen LogP contribution in [0.5, 0.6) is 0 Å². The molecule has 130 valence electrons. The van der Waals surface area contributed by atoms with Crippen molar-refractivity contribution in [3.05, 3.63) is 76.6 Å². The van der Waals surface area contributed by atoms with Crippen molar-refractivity contribution >= 4 is 23.6 Å². The van der Waals surface area contributed by atoms with E-state index < -0.39 is 5.82 Å². The van der Waals surface area contributed by atoms with E-state index in [0.717, 1.165) is 19.6 Å². The molecule has 5 heteroatoms. The van der Waals surface area contributed by atoms with Crippen molar-refractivity contribution < 1.29 is 9.18 Å². The molecule has 2 aromatic carbocycles. The summed E-state index contributed by atoms with van der Waals surface area (Å²) in [6, 6.07) is 14.3. The molecule has 0 aliphatic carbocycles. The van der Waals surface area contributed by atoms with E-state index in [1.54, 1.807) is 11.0 Å². The molecular weight excluding hydrogens is 339 g/mol. The van der Waals surface area contributed by atoms with Gasteiger partial charge in [0.2, 0.25) is 0 Å². The molecule has 1 aliphatic heterocycles. The second-order valence-electron chi connectivity index (χ2n) is 6.03. The van der Waals surface area contributed by atoms with Crippen LogP contribution in [-0.4, -0.2) is 48.4 Å². The second kappa shape index (κ2) is 8.28. The number of hydrogen-bond donors (Lipinski definition) is 0. The van der Waals surface area contributed by atoms with Crippen LogP contribution in [-0.2, 0) is 0 Å². The first-order chi connectivity index (χ1) is 12.1. The number of nitrogens with zero attached hydrogens (tertiary/aromatic N) is 2. The topological polar surface area (TPSA) is 23.6 Å². The zero-order chi connectivity index (χ0) is 17.6. The summed E-state index contributed by atoms with van der Waals surface area (Å²) in [7, 11) is 0. The Morgan fingerprint density at radius 3 is 2.48 bits per heavy atom. The number of benzene rings is 2. The molecule has 0 spiro atoms. The molecule has 2 aromatic rings. The van der Waals surface area contributed by atoms with E-state index >= 15 is 0 Å². The molecule has 1 amide bonds. The van der Waals surface area contributed by atoms with E-state index in [4.69, 9.17) is 11.6 Å². The van der Waals surface area contributed by atoms with Crippen LogP contribution in [0.15, 0.2) is 54.6 Å². The molecule has 0 saturated carbocycles. The molecule has 0 bridgehead atoms. The van der Waals surface area contributed by atoms with Gasteiger partial charge in [0, 0.05) is 37.7 Å². The van der Waals surface area contributed by atoms with Crippen LogP contribution in [0.3, 0.4) is 0 Å². The quantitative estimate of drug-likeness (QED) is 0.826. The summed E-state index contributed by atoms with van der Waals surface area (Å²) >= 11 is 5.74. The van der Waals surface area contributed by atoms with Crippen LogP contribution in [0.4, 0.5) is 4.39 Å². The fraction of sp³-hybridized carbons (Fsp3) is 0.250. The molecule has 0 aromatic heterocycles. The normalized spacial score (nSPS) is 15.7. The zero-order valence-electron chi connectivity index (χ0n) is 13.9. The Labute approximate surface area is 152 Å². The van der Waals surface area contributed by atoms with Crippen molar-refractivity contribution in [1.82, 2.24) is 9.80 Å². The van der Waals surface area contributed by atoms with Gasteiger partial charge in [-0.05, 0) is 23.8 Å². The predicted molar refractivity (Wildman–Crippen MR) is 99.2 cm³/mol. The van der Waals surface area contributed by atoms with E-state index in [-0.39, 0.29) is 11.5 Å². The van der Waals surface area contributed by atoms with E-state index in [9.17, 15) is 9.18 Å². The lowest BCUT2D eigenvalue weighted by molar-refractivity contribution is 0.0645. The number of carbonyl (C=O) groups is 1. The van der Waals surface area contributed by atoms with E-state index in [1.807, 2.05) is 18.2 Å². The largest absolute Gasteiger partial charge is 0.336 e. The number of amides is 1. The molecule has 25 heavy (non-hydrogen) atoms. The van der Waals surface area contributed by atoms with Crippen LogP contribution in [0.25, 0.3) is 6.08 Å². The minimum atomic E-state index is -0.564. The summed E-state index contributed by atoms with van der Waals surface area (Å²) in [6.45, 7) is 3.59. The predicted octanol–water partition coefficient (Wildman–Crippen LogP) is 3.95.